The molecule has 0 unspecified atom stereocenters. The number of alkyl halides is 3. The second-order valence-electron chi connectivity index (χ2n) is 8.01. The van der Waals surface area contributed by atoms with E-state index in [0.29, 0.717) is 5.92 Å². The summed E-state index contributed by atoms with van der Waals surface area (Å²) in [6, 6.07) is 13.8. The molecule has 0 aliphatic heterocycles. The summed E-state index contributed by atoms with van der Waals surface area (Å²) < 4.78 is 68.8. The van der Waals surface area contributed by atoms with Crippen molar-refractivity contribution >= 4 is 10.8 Å². The van der Waals surface area contributed by atoms with Crippen molar-refractivity contribution < 1.29 is 26.7 Å². The van der Waals surface area contributed by atoms with Crippen LogP contribution < -0.4 is 4.74 Å². The Kier molecular flexibility index (Phi) is 6.10. The number of rotatable bonds is 3. The van der Waals surface area contributed by atoms with E-state index in [2.05, 4.69) is 47.8 Å². The second kappa shape index (κ2) is 8.82. The summed E-state index contributed by atoms with van der Waals surface area (Å²) >= 11 is 0. The van der Waals surface area contributed by atoms with Gasteiger partial charge in [0.15, 0.2) is 11.6 Å². The monoisotopic (exact) mass is 444 g/mol. The van der Waals surface area contributed by atoms with Crippen LogP contribution in [0.4, 0.5) is 22.0 Å². The van der Waals surface area contributed by atoms with E-state index >= 15 is 0 Å². The zero-order chi connectivity index (χ0) is 22.9. The number of hydrogen-bond acceptors (Lipinski definition) is 1. The molecule has 32 heavy (non-hydrogen) atoms. The van der Waals surface area contributed by atoms with Gasteiger partial charge in [0.05, 0.1) is 0 Å². The van der Waals surface area contributed by atoms with Crippen LogP contribution in [-0.4, -0.2) is 6.36 Å². The molecule has 3 aromatic carbocycles. The van der Waals surface area contributed by atoms with Crippen LogP contribution in [0.5, 0.6) is 5.75 Å². The van der Waals surface area contributed by atoms with Crippen LogP contribution in [-0.2, 0) is 6.42 Å². The molecule has 3 aromatic rings. The standard InChI is InChI=1S/C26H21F5O/c1-2-5-17-9-12-21-19-7-4-3-6-18(19)10-13-22(21)20(17)11-8-16-14-23(27)25(24(28)15-16)32-26(29,30)31/h3-4,6-7,10,13-15,17,20H,2,5,9,12H2,1H3/t17-,20+/m1/s1. The van der Waals surface area contributed by atoms with Crippen LogP contribution in [0, 0.1) is 29.4 Å². The molecule has 0 fully saturated rings. The number of halogens is 5. The van der Waals surface area contributed by atoms with Gasteiger partial charge in [0.2, 0.25) is 5.75 Å². The van der Waals surface area contributed by atoms with E-state index in [0.717, 1.165) is 48.8 Å². The molecule has 0 aromatic heterocycles. The van der Waals surface area contributed by atoms with E-state index in [-0.39, 0.29) is 11.5 Å². The quantitative estimate of drug-likeness (QED) is 0.300. The highest BCUT2D eigenvalue weighted by Crippen LogP contribution is 2.41. The van der Waals surface area contributed by atoms with E-state index in [1.54, 1.807) is 0 Å². The maximum atomic E-state index is 14.1. The fourth-order valence-electron chi connectivity index (χ4n) is 4.56. The zero-order valence-corrected chi connectivity index (χ0v) is 17.4. The van der Waals surface area contributed by atoms with Crippen LogP contribution in [0.15, 0.2) is 48.5 Å². The molecule has 0 saturated heterocycles. The highest BCUT2D eigenvalue weighted by atomic mass is 19.4. The lowest BCUT2D eigenvalue weighted by molar-refractivity contribution is -0.276. The summed E-state index contributed by atoms with van der Waals surface area (Å²) in [5.74, 6) is 1.79. The van der Waals surface area contributed by atoms with Gasteiger partial charge in [-0.05, 0) is 59.2 Å². The molecule has 1 aliphatic carbocycles. The van der Waals surface area contributed by atoms with E-state index in [1.807, 2.05) is 12.1 Å². The van der Waals surface area contributed by atoms with Crippen LogP contribution in [0.3, 0.4) is 0 Å². The molecule has 2 atom stereocenters. The predicted molar refractivity (Wildman–Crippen MR) is 113 cm³/mol. The van der Waals surface area contributed by atoms with Gasteiger partial charge in [-0.25, -0.2) is 8.78 Å². The van der Waals surface area contributed by atoms with Gasteiger partial charge >= 0.3 is 6.36 Å². The third-order valence-corrected chi connectivity index (χ3v) is 5.90. The van der Waals surface area contributed by atoms with E-state index < -0.39 is 23.7 Å². The normalized spacial score (nSPS) is 18.1. The van der Waals surface area contributed by atoms with Crippen molar-refractivity contribution in [3.63, 3.8) is 0 Å². The summed E-state index contributed by atoms with van der Waals surface area (Å²) in [5, 5.41) is 2.33. The molecular weight excluding hydrogens is 423 g/mol. The summed E-state index contributed by atoms with van der Waals surface area (Å²) in [6.07, 6.45) is -1.34. The van der Waals surface area contributed by atoms with Crippen molar-refractivity contribution in [2.45, 2.75) is 44.9 Å². The van der Waals surface area contributed by atoms with Crippen molar-refractivity contribution in [2.75, 3.05) is 0 Å². The van der Waals surface area contributed by atoms with Crippen molar-refractivity contribution in [3.8, 4) is 17.6 Å². The van der Waals surface area contributed by atoms with Crippen molar-refractivity contribution in [1.82, 2.24) is 0 Å². The summed E-state index contributed by atoms with van der Waals surface area (Å²) in [6.45, 7) is 2.10. The molecule has 1 nitrogen and oxygen atoms in total. The van der Waals surface area contributed by atoms with Crippen molar-refractivity contribution in [2.24, 2.45) is 5.92 Å². The molecule has 0 heterocycles. The SMILES string of the molecule is CCC[C@@H]1CCc2c(ccc3ccccc23)[C@H]1C#Cc1cc(F)c(OC(F)(F)F)c(F)c1. The van der Waals surface area contributed by atoms with Gasteiger partial charge in [-0.2, -0.15) is 0 Å². The minimum Gasteiger partial charge on any atom is -0.399 e. The number of ether oxygens (including phenoxy) is 1. The molecule has 6 heteroatoms. The lowest BCUT2D eigenvalue weighted by Crippen LogP contribution is -2.20. The van der Waals surface area contributed by atoms with Gasteiger partial charge in [-0.1, -0.05) is 61.6 Å². The third kappa shape index (κ3) is 4.57. The predicted octanol–water partition coefficient (Wildman–Crippen LogP) is 7.51. The highest BCUT2D eigenvalue weighted by Gasteiger charge is 2.34. The van der Waals surface area contributed by atoms with Crippen molar-refractivity contribution in [3.05, 3.63) is 76.9 Å². The second-order valence-corrected chi connectivity index (χ2v) is 8.01. The molecular formula is C26H21F5O. The van der Waals surface area contributed by atoms with E-state index in [4.69, 9.17) is 0 Å². The Morgan fingerprint density at radius 1 is 1.03 bits per heavy atom. The molecule has 0 N–H and O–H groups in total. The Balaban J connectivity index is 1.73. The van der Waals surface area contributed by atoms with Gasteiger partial charge in [-0.3, -0.25) is 0 Å². The Bertz CT molecular complexity index is 1180. The molecule has 4 rings (SSSR count). The van der Waals surface area contributed by atoms with E-state index in [9.17, 15) is 22.0 Å². The molecule has 0 saturated carbocycles. The Morgan fingerprint density at radius 2 is 1.75 bits per heavy atom. The molecule has 166 valence electrons. The Labute approximate surface area is 183 Å². The van der Waals surface area contributed by atoms with Gasteiger partial charge < -0.3 is 4.74 Å². The number of fused-ring (bicyclic) bond motifs is 3. The summed E-state index contributed by atoms with van der Waals surface area (Å²) in [7, 11) is 0. The van der Waals surface area contributed by atoms with Crippen molar-refractivity contribution in [1.29, 1.82) is 0 Å². The third-order valence-electron chi connectivity index (χ3n) is 5.90. The van der Waals surface area contributed by atoms with Gasteiger partial charge in [0, 0.05) is 11.5 Å². The van der Waals surface area contributed by atoms with Crippen LogP contribution >= 0.6 is 0 Å². The average molecular weight is 444 g/mol. The number of hydrogen-bond donors (Lipinski definition) is 0. The maximum Gasteiger partial charge on any atom is 0.573 e. The minimum absolute atomic E-state index is 0.0299. The van der Waals surface area contributed by atoms with Crippen LogP contribution in [0.25, 0.3) is 10.8 Å². The maximum absolute atomic E-state index is 14.1. The molecule has 0 spiro atoms. The first kappa shape index (κ1) is 22.1. The molecule has 0 amide bonds. The average Bonchev–Trinajstić information content (AvgIpc) is 2.74. The highest BCUT2D eigenvalue weighted by molar-refractivity contribution is 5.87. The lowest BCUT2D eigenvalue weighted by Gasteiger charge is -2.31. The number of benzene rings is 3. The Morgan fingerprint density at radius 3 is 2.44 bits per heavy atom. The number of aryl methyl sites for hydroxylation is 1. The first-order valence-corrected chi connectivity index (χ1v) is 10.5. The smallest absolute Gasteiger partial charge is 0.399 e. The molecule has 0 bridgehead atoms. The summed E-state index contributed by atoms with van der Waals surface area (Å²) in [4.78, 5) is 0. The molecule has 0 radical (unpaired) electrons. The van der Waals surface area contributed by atoms with E-state index in [1.165, 1.54) is 10.9 Å². The first-order valence-electron chi connectivity index (χ1n) is 10.5. The minimum atomic E-state index is -5.18. The van der Waals surface area contributed by atoms with Gasteiger partial charge in [0.1, 0.15) is 0 Å². The molecule has 1 aliphatic rings. The fraction of sp³-hybridized carbons (Fsp3) is 0.308. The lowest BCUT2D eigenvalue weighted by atomic mass is 9.72. The summed E-state index contributed by atoms with van der Waals surface area (Å²) in [5.41, 5.74) is 2.32. The Hall–Kier alpha value is -3.07. The fourth-order valence-corrected chi connectivity index (χ4v) is 4.56. The van der Waals surface area contributed by atoms with Gasteiger partial charge in [0.25, 0.3) is 0 Å². The van der Waals surface area contributed by atoms with Crippen LogP contribution in [0.1, 0.15) is 48.8 Å². The zero-order valence-electron chi connectivity index (χ0n) is 17.4. The van der Waals surface area contributed by atoms with Crippen LogP contribution in [0.2, 0.25) is 0 Å². The van der Waals surface area contributed by atoms with Gasteiger partial charge in [-0.15, -0.1) is 13.2 Å². The topological polar surface area (TPSA) is 9.23 Å². The first-order chi connectivity index (χ1) is 15.3. The largest absolute Gasteiger partial charge is 0.573 e.